The fraction of sp³-hybridized carbons (Fsp3) is 0.636. The molecule has 6 heteroatoms. The van der Waals surface area contributed by atoms with Crippen molar-refractivity contribution in [2.75, 3.05) is 39.3 Å². The van der Waals surface area contributed by atoms with Crippen LogP contribution in [0.3, 0.4) is 0 Å². The molecule has 0 bridgehead atoms. The predicted molar refractivity (Wildman–Crippen MR) is 109 cm³/mol. The Morgan fingerprint density at radius 3 is 2.14 bits per heavy atom. The Morgan fingerprint density at radius 1 is 1.11 bits per heavy atom. The van der Waals surface area contributed by atoms with Gasteiger partial charge in [-0.1, -0.05) is 20.8 Å². The molecule has 0 amide bonds. The molecular weight excluding hydrogens is 352 g/mol. The molecular formula is C22H32N4O2. The van der Waals surface area contributed by atoms with Gasteiger partial charge in [-0.15, -0.1) is 0 Å². The third kappa shape index (κ3) is 5.11. The second-order valence-electron chi connectivity index (χ2n) is 9.63. The summed E-state index contributed by atoms with van der Waals surface area (Å²) in [4.78, 5) is 17.0. The Hall–Kier alpha value is -1.94. The van der Waals surface area contributed by atoms with E-state index in [0.29, 0.717) is 42.0 Å². The SMILES string of the molecule is CC(C)(C)C(=O)CN1CC2CN(C[C@@](C)(N)Oc3ccc(C#N)cc3)CC2C1. The van der Waals surface area contributed by atoms with E-state index in [1.165, 1.54) is 0 Å². The molecule has 2 saturated heterocycles. The number of likely N-dealkylation sites (tertiary alicyclic amines) is 2. The zero-order chi connectivity index (χ0) is 20.5. The molecule has 2 aliphatic heterocycles. The van der Waals surface area contributed by atoms with E-state index in [9.17, 15) is 4.79 Å². The van der Waals surface area contributed by atoms with Gasteiger partial charge in [0.05, 0.1) is 24.7 Å². The summed E-state index contributed by atoms with van der Waals surface area (Å²) < 4.78 is 5.97. The predicted octanol–water partition coefficient (Wildman–Crippen LogP) is 2.09. The summed E-state index contributed by atoms with van der Waals surface area (Å²) in [5.41, 5.74) is 5.94. The van der Waals surface area contributed by atoms with E-state index in [1.54, 1.807) is 24.3 Å². The van der Waals surface area contributed by atoms with E-state index in [1.807, 2.05) is 27.7 Å². The lowest BCUT2D eigenvalue weighted by Crippen LogP contribution is -2.52. The van der Waals surface area contributed by atoms with Gasteiger partial charge in [0, 0.05) is 31.6 Å². The first-order valence-electron chi connectivity index (χ1n) is 10.0. The monoisotopic (exact) mass is 384 g/mol. The molecule has 152 valence electrons. The minimum atomic E-state index is -0.797. The average Bonchev–Trinajstić information content (AvgIpc) is 3.11. The molecule has 2 heterocycles. The molecule has 2 fully saturated rings. The van der Waals surface area contributed by atoms with E-state index in [0.717, 1.165) is 26.2 Å². The Kier molecular flexibility index (Phi) is 5.81. The van der Waals surface area contributed by atoms with Crippen molar-refractivity contribution < 1.29 is 9.53 Å². The number of rotatable bonds is 6. The third-order valence-corrected chi connectivity index (χ3v) is 5.71. The molecule has 2 N–H and O–H groups in total. The van der Waals surface area contributed by atoms with Crippen LogP contribution in [0.5, 0.6) is 5.75 Å². The van der Waals surface area contributed by atoms with Gasteiger partial charge in [0.15, 0.2) is 11.5 Å². The van der Waals surface area contributed by atoms with Crippen LogP contribution in [0.1, 0.15) is 33.3 Å². The Labute approximate surface area is 168 Å². The molecule has 0 radical (unpaired) electrons. The van der Waals surface area contributed by atoms with Gasteiger partial charge < -0.3 is 4.74 Å². The van der Waals surface area contributed by atoms with E-state index in [4.69, 9.17) is 15.7 Å². The quantitative estimate of drug-likeness (QED) is 0.756. The second-order valence-corrected chi connectivity index (χ2v) is 9.63. The Balaban J connectivity index is 1.49. The van der Waals surface area contributed by atoms with Gasteiger partial charge >= 0.3 is 0 Å². The largest absolute Gasteiger partial charge is 0.472 e. The molecule has 2 aliphatic rings. The molecule has 0 aliphatic carbocycles. The topological polar surface area (TPSA) is 82.6 Å². The van der Waals surface area contributed by atoms with Crippen molar-refractivity contribution in [1.82, 2.24) is 9.80 Å². The summed E-state index contributed by atoms with van der Waals surface area (Å²) in [6.45, 7) is 13.0. The van der Waals surface area contributed by atoms with Crippen molar-refractivity contribution in [2.24, 2.45) is 23.0 Å². The van der Waals surface area contributed by atoms with Crippen LogP contribution in [0.4, 0.5) is 0 Å². The smallest absolute Gasteiger partial charge is 0.168 e. The molecule has 3 rings (SSSR count). The highest BCUT2D eigenvalue weighted by Gasteiger charge is 2.42. The second kappa shape index (κ2) is 7.82. The van der Waals surface area contributed by atoms with Crippen LogP contribution >= 0.6 is 0 Å². The number of Topliss-reactive ketones (excluding diaryl/α,β-unsaturated/α-hetero) is 1. The molecule has 28 heavy (non-hydrogen) atoms. The van der Waals surface area contributed by atoms with Crippen LogP contribution in [0, 0.1) is 28.6 Å². The average molecular weight is 385 g/mol. The van der Waals surface area contributed by atoms with Crippen LogP contribution in [-0.2, 0) is 4.79 Å². The summed E-state index contributed by atoms with van der Waals surface area (Å²) in [5, 5.41) is 8.89. The Bertz CT molecular complexity index is 731. The highest BCUT2D eigenvalue weighted by atomic mass is 16.5. The Morgan fingerprint density at radius 2 is 1.64 bits per heavy atom. The first-order chi connectivity index (χ1) is 13.1. The van der Waals surface area contributed by atoms with Crippen LogP contribution in [0.15, 0.2) is 24.3 Å². The van der Waals surface area contributed by atoms with Crippen LogP contribution in [0.2, 0.25) is 0 Å². The van der Waals surface area contributed by atoms with Crippen molar-refractivity contribution in [3.63, 3.8) is 0 Å². The number of hydrogen-bond acceptors (Lipinski definition) is 6. The number of nitrogens with two attached hydrogens (primary N) is 1. The molecule has 6 nitrogen and oxygen atoms in total. The fourth-order valence-corrected chi connectivity index (χ4v) is 4.23. The number of carbonyl (C=O) groups excluding carboxylic acids is 1. The molecule has 0 spiro atoms. The van der Waals surface area contributed by atoms with Crippen LogP contribution in [-0.4, -0.2) is 60.6 Å². The molecule has 1 aromatic rings. The standard InChI is InChI=1S/C22H32N4O2/c1-21(2,3)20(27)14-25-10-17-12-26(13-18(17)11-25)15-22(4,24)28-19-7-5-16(9-23)6-8-19/h5-8,17-18H,10-15,24H2,1-4H3/t17?,18?,22-/m0/s1. The van der Waals surface area contributed by atoms with Gasteiger partial charge in [-0.05, 0) is 43.0 Å². The highest BCUT2D eigenvalue weighted by Crippen LogP contribution is 2.32. The third-order valence-electron chi connectivity index (χ3n) is 5.71. The summed E-state index contributed by atoms with van der Waals surface area (Å²) in [6.07, 6.45) is 0. The molecule has 1 aromatic carbocycles. The van der Waals surface area contributed by atoms with Crippen molar-refractivity contribution in [3.05, 3.63) is 29.8 Å². The minimum Gasteiger partial charge on any atom is -0.472 e. The molecule has 2 unspecified atom stereocenters. The zero-order valence-electron chi connectivity index (χ0n) is 17.4. The van der Waals surface area contributed by atoms with Crippen LogP contribution in [0.25, 0.3) is 0 Å². The number of ketones is 1. The maximum atomic E-state index is 12.3. The van der Waals surface area contributed by atoms with Crippen molar-refractivity contribution in [3.8, 4) is 11.8 Å². The van der Waals surface area contributed by atoms with Gasteiger partial charge in [0.25, 0.3) is 0 Å². The number of benzene rings is 1. The summed E-state index contributed by atoms with van der Waals surface area (Å²) >= 11 is 0. The molecule has 3 atom stereocenters. The number of carbonyl (C=O) groups is 1. The first-order valence-corrected chi connectivity index (χ1v) is 10.0. The maximum Gasteiger partial charge on any atom is 0.168 e. The number of hydrogen-bond donors (Lipinski definition) is 1. The first kappa shape index (κ1) is 20.8. The maximum absolute atomic E-state index is 12.3. The highest BCUT2D eigenvalue weighted by molar-refractivity contribution is 5.85. The van der Waals surface area contributed by atoms with E-state index >= 15 is 0 Å². The van der Waals surface area contributed by atoms with E-state index in [2.05, 4.69) is 15.9 Å². The molecule has 0 aromatic heterocycles. The number of nitrogens with zero attached hydrogens (tertiary/aromatic N) is 3. The normalized spacial score (nSPS) is 25.1. The van der Waals surface area contributed by atoms with E-state index in [-0.39, 0.29) is 5.41 Å². The lowest BCUT2D eigenvalue weighted by atomic mass is 9.90. The molecule has 0 saturated carbocycles. The van der Waals surface area contributed by atoms with Gasteiger partial charge in [-0.3, -0.25) is 20.3 Å². The number of nitriles is 1. The summed E-state index contributed by atoms with van der Waals surface area (Å²) in [5.74, 6) is 2.18. The van der Waals surface area contributed by atoms with Crippen molar-refractivity contribution >= 4 is 5.78 Å². The number of fused-ring (bicyclic) bond motifs is 1. The van der Waals surface area contributed by atoms with Gasteiger partial charge in [0.1, 0.15) is 5.75 Å². The number of ether oxygens (including phenoxy) is 1. The summed E-state index contributed by atoms with van der Waals surface area (Å²) in [6, 6.07) is 9.14. The fourth-order valence-electron chi connectivity index (χ4n) is 4.23. The van der Waals surface area contributed by atoms with E-state index < -0.39 is 5.72 Å². The zero-order valence-corrected chi connectivity index (χ0v) is 17.4. The van der Waals surface area contributed by atoms with Crippen LogP contribution < -0.4 is 10.5 Å². The van der Waals surface area contributed by atoms with Gasteiger partial charge in [0.2, 0.25) is 0 Å². The van der Waals surface area contributed by atoms with Crippen molar-refractivity contribution in [2.45, 2.75) is 33.4 Å². The lowest BCUT2D eigenvalue weighted by molar-refractivity contribution is -0.127. The van der Waals surface area contributed by atoms with Gasteiger partial charge in [-0.25, -0.2) is 0 Å². The minimum absolute atomic E-state index is 0.270. The van der Waals surface area contributed by atoms with Gasteiger partial charge in [-0.2, -0.15) is 5.26 Å². The summed E-state index contributed by atoms with van der Waals surface area (Å²) in [7, 11) is 0. The lowest BCUT2D eigenvalue weighted by Gasteiger charge is -2.31. The van der Waals surface area contributed by atoms with Crippen molar-refractivity contribution in [1.29, 1.82) is 5.26 Å².